The third kappa shape index (κ3) is 4.29. The molecule has 172 valence electrons. The normalized spacial score (nSPS) is 18.7. The fourth-order valence-electron chi connectivity index (χ4n) is 5.20. The van der Waals surface area contributed by atoms with E-state index in [0.29, 0.717) is 11.6 Å². The van der Waals surface area contributed by atoms with Crippen molar-refractivity contribution in [1.82, 2.24) is 15.1 Å². The van der Waals surface area contributed by atoms with Crippen LogP contribution in [0.1, 0.15) is 80.0 Å². The number of benzene rings is 2. The lowest BCUT2D eigenvalue weighted by atomic mass is 9.91. The van der Waals surface area contributed by atoms with E-state index in [2.05, 4.69) is 53.2 Å². The van der Waals surface area contributed by atoms with E-state index in [9.17, 15) is 4.79 Å². The largest absolute Gasteiger partial charge is 0.494 e. The highest BCUT2D eigenvalue weighted by molar-refractivity contribution is 6.00. The number of rotatable bonds is 7. The summed E-state index contributed by atoms with van der Waals surface area (Å²) >= 11 is 0. The third-order valence-corrected chi connectivity index (χ3v) is 6.98. The predicted octanol–water partition coefficient (Wildman–Crippen LogP) is 6.38. The highest BCUT2D eigenvalue weighted by Crippen LogP contribution is 2.45. The molecule has 1 unspecified atom stereocenters. The van der Waals surface area contributed by atoms with Crippen LogP contribution in [-0.4, -0.2) is 33.7 Å². The number of carbonyl (C=O) groups is 1. The Kier molecular flexibility index (Phi) is 6.21. The van der Waals surface area contributed by atoms with E-state index in [1.165, 1.54) is 19.3 Å². The van der Waals surface area contributed by atoms with Crippen molar-refractivity contribution in [1.29, 1.82) is 0 Å². The molecule has 33 heavy (non-hydrogen) atoms. The van der Waals surface area contributed by atoms with Gasteiger partial charge in [-0.15, -0.1) is 0 Å². The molecule has 1 saturated carbocycles. The Morgan fingerprint density at radius 3 is 2.45 bits per heavy atom. The van der Waals surface area contributed by atoms with E-state index in [1.807, 2.05) is 30.3 Å². The fourth-order valence-corrected chi connectivity index (χ4v) is 5.20. The first-order valence-corrected chi connectivity index (χ1v) is 12.3. The molecule has 1 fully saturated rings. The number of nitrogens with zero attached hydrogens (tertiary/aromatic N) is 2. The number of ether oxygens (including phenoxy) is 1. The van der Waals surface area contributed by atoms with Gasteiger partial charge in [0.1, 0.15) is 11.4 Å². The maximum Gasteiger partial charge on any atom is 0.273 e. The van der Waals surface area contributed by atoms with Crippen LogP contribution in [0.25, 0.3) is 11.3 Å². The second-order valence-electron chi connectivity index (χ2n) is 9.73. The van der Waals surface area contributed by atoms with Crippen molar-refractivity contribution in [3.63, 3.8) is 0 Å². The van der Waals surface area contributed by atoms with Crippen molar-refractivity contribution in [3.05, 3.63) is 71.4 Å². The summed E-state index contributed by atoms with van der Waals surface area (Å²) in [4.78, 5) is 15.8. The molecule has 1 aromatic heterocycles. The quantitative estimate of drug-likeness (QED) is 0.461. The van der Waals surface area contributed by atoms with E-state index >= 15 is 0 Å². The van der Waals surface area contributed by atoms with E-state index in [4.69, 9.17) is 4.74 Å². The summed E-state index contributed by atoms with van der Waals surface area (Å²) in [5.41, 5.74) is 4.67. The van der Waals surface area contributed by atoms with Crippen LogP contribution in [0.5, 0.6) is 5.75 Å². The van der Waals surface area contributed by atoms with Crippen LogP contribution in [0.3, 0.4) is 0 Å². The number of H-pyrrole nitrogens is 1. The van der Waals surface area contributed by atoms with E-state index < -0.39 is 0 Å². The minimum Gasteiger partial charge on any atom is -0.494 e. The Morgan fingerprint density at radius 1 is 1.03 bits per heavy atom. The molecule has 5 heteroatoms. The average Bonchev–Trinajstić information content (AvgIpc) is 3.39. The molecular weight excluding hydrogens is 410 g/mol. The van der Waals surface area contributed by atoms with Gasteiger partial charge in [-0.05, 0) is 42.9 Å². The van der Waals surface area contributed by atoms with Crippen LogP contribution in [0, 0.1) is 5.92 Å². The van der Waals surface area contributed by atoms with Gasteiger partial charge in [-0.2, -0.15) is 5.10 Å². The van der Waals surface area contributed by atoms with Crippen molar-refractivity contribution >= 4 is 5.91 Å². The lowest BCUT2D eigenvalue weighted by molar-refractivity contribution is 0.0606. The number of aromatic nitrogens is 2. The van der Waals surface area contributed by atoms with Crippen molar-refractivity contribution in [2.24, 2.45) is 5.92 Å². The molecule has 0 radical (unpaired) electrons. The molecule has 3 aromatic rings. The Morgan fingerprint density at radius 2 is 1.76 bits per heavy atom. The minimum atomic E-state index is -0.130. The van der Waals surface area contributed by atoms with E-state index in [1.54, 1.807) is 0 Å². The summed E-state index contributed by atoms with van der Waals surface area (Å²) in [6.45, 7) is 5.13. The number of fused-ring (bicyclic) bond motifs is 1. The van der Waals surface area contributed by atoms with Gasteiger partial charge in [0.25, 0.3) is 5.91 Å². The number of amides is 1. The van der Waals surface area contributed by atoms with Crippen LogP contribution < -0.4 is 4.74 Å². The number of hydrogen-bond donors (Lipinski definition) is 1. The molecule has 1 aliphatic heterocycles. The molecule has 2 heterocycles. The summed E-state index contributed by atoms with van der Waals surface area (Å²) in [6.07, 6.45) is 6.79. The number of hydrogen-bond acceptors (Lipinski definition) is 3. The molecule has 1 amide bonds. The van der Waals surface area contributed by atoms with E-state index in [0.717, 1.165) is 54.0 Å². The van der Waals surface area contributed by atoms with Gasteiger partial charge in [-0.1, -0.05) is 75.6 Å². The molecule has 5 rings (SSSR count). The van der Waals surface area contributed by atoms with Crippen LogP contribution in [-0.2, 0) is 0 Å². The second-order valence-corrected chi connectivity index (χ2v) is 9.73. The highest BCUT2D eigenvalue weighted by Gasteiger charge is 2.45. The van der Waals surface area contributed by atoms with Gasteiger partial charge in [0.15, 0.2) is 0 Å². The zero-order valence-corrected chi connectivity index (χ0v) is 19.6. The Labute approximate surface area is 196 Å². The molecule has 0 saturated heterocycles. The van der Waals surface area contributed by atoms with Gasteiger partial charge in [0.05, 0.1) is 18.3 Å². The Bertz CT molecular complexity index is 1080. The number of nitrogens with one attached hydrogen (secondary N) is 1. The van der Waals surface area contributed by atoms with E-state index in [-0.39, 0.29) is 18.0 Å². The number of aromatic amines is 1. The van der Waals surface area contributed by atoms with Crippen LogP contribution >= 0.6 is 0 Å². The van der Waals surface area contributed by atoms with Crippen LogP contribution in [0.2, 0.25) is 0 Å². The van der Waals surface area contributed by atoms with Gasteiger partial charge in [-0.3, -0.25) is 9.89 Å². The van der Waals surface area contributed by atoms with Crippen molar-refractivity contribution in [2.45, 2.75) is 64.5 Å². The first kappa shape index (κ1) is 21.7. The SMILES string of the molecule is CC(C)CCOc1ccc(C2c3c(-c4ccccc4)n[nH]c3C(=O)N2C2CCCCC2)cc1. The summed E-state index contributed by atoms with van der Waals surface area (Å²) in [6, 6.07) is 18.6. The summed E-state index contributed by atoms with van der Waals surface area (Å²) < 4.78 is 5.95. The molecule has 2 aromatic carbocycles. The molecule has 1 N–H and O–H groups in total. The standard InChI is InChI=1S/C28H33N3O2/c1-19(2)17-18-33-23-15-13-21(14-16-23)27-24-25(20-9-5-3-6-10-20)29-30-26(24)28(32)31(27)22-11-7-4-8-12-22/h3,5-6,9-10,13-16,19,22,27H,4,7-8,11-12,17-18H2,1-2H3,(H,29,30). The highest BCUT2D eigenvalue weighted by atomic mass is 16.5. The lowest BCUT2D eigenvalue weighted by Gasteiger charge is -2.36. The third-order valence-electron chi connectivity index (χ3n) is 6.98. The summed E-state index contributed by atoms with van der Waals surface area (Å²) in [7, 11) is 0. The molecule has 0 spiro atoms. The van der Waals surface area contributed by atoms with Gasteiger partial charge < -0.3 is 9.64 Å². The van der Waals surface area contributed by atoms with Gasteiger partial charge in [-0.25, -0.2) is 0 Å². The molecule has 2 aliphatic rings. The maximum absolute atomic E-state index is 13.6. The fraction of sp³-hybridized carbons (Fsp3) is 0.429. The van der Waals surface area contributed by atoms with Gasteiger partial charge in [0, 0.05) is 17.2 Å². The second kappa shape index (κ2) is 9.42. The van der Waals surface area contributed by atoms with Crippen molar-refractivity contribution in [2.75, 3.05) is 6.61 Å². The molecule has 1 aliphatic carbocycles. The zero-order chi connectivity index (χ0) is 22.8. The predicted molar refractivity (Wildman–Crippen MR) is 130 cm³/mol. The first-order valence-electron chi connectivity index (χ1n) is 12.3. The summed E-state index contributed by atoms with van der Waals surface area (Å²) in [5.74, 6) is 1.58. The average molecular weight is 444 g/mol. The molecular formula is C28H33N3O2. The van der Waals surface area contributed by atoms with Gasteiger partial charge in [0.2, 0.25) is 0 Å². The van der Waals surface area contributed by atoms with Gasteiger partial charge >= 0.3 is 0 Å². The maximum atomic E-state index is 13.6. The monoisotopic (exact) mass is 443 g/mol. The molecule has 0 bridgehead atoms. The Balaban J connectivity index is 1.51. The topological polar surface area (TPSA) is 58.2 Å². The lowest BCUT2D eigenvalue weighted by Crippen LogP contribution is -2.40. The smallest absolute Gasteiger partial charge is 0.273 e. The van der Waals surface area contributed by atoms with Crippen molar-refractivity contribution in [3.8, 4) is 17.0 Å². The molecule has 5 nitrogen and oxygen atoms in total. The van der Waals surface area contributed by atoms with Crippen LogP contribution in [0.4, 0.5) is 0 Å². The minimum absolute atomic E-state index is 0.0776. The van der Waals surface area contributed by atoms with Crippen molar-refractivity contribution < 1.29 is 9.53 Å². The Hall–Kier alpha value is -3.08. The molecule has 1 atom stereocenters. The first-order chi connectivity index (χ1) is 16.1. The zero-order valence-electron chi connectivity index (χ0n) is 19.6. The van der Waals surface area contributed by atoms with Crippen LogP contribution in [0.15, 0.2) is 54.6 Å². The summed E-state index contributed by atoms with van der Waals surface area (Å²) in [5, 5.41) is 7.68. The number of carbonyl (C=O) groups excluding carboxylic acids is 1.